The second kappa shape index (κ2) is 7.98. The SMILES string of the molecule is [2H]C([2H])(Oc1ccc(/C=C2\SC(=O)NC2=O)cc1)C([2H])([2H])c1ccc(CC)cn1. The number of thioether (sulfide) groups is 1. The van der Waals surface area contributed by atoms with Crippen molar-refractivity contribution in [1.29, 1.82) is 0 Å². The summed E-state index contributed by atoms with van der Waals surface area (Å²) in [5.41, 5.74) is 1.48. The fourth-order valence-corrected chi connectivity index (χ4v) is 2.73. The number of hydrogen-bond acceptors (Lipinski definition) is 5. The molecular weight excluding hydrogens is 336 g/mol. The summed E-state index contributed by atoms with van der Waals surface area (Å²) in [4.78, 5) is 27.1. The molecule has 1 saturated heterocycles. The van der Waals surface area contributed by atoms with Crippen LogP contribution in [-0.4, -0.2) is 22.7 Å². The molecule has 0 bridgehead atoms. The lowest BCUT2D eigenvalue weighted by atomic mass is 10.2. The molecule has 1 aromatic carbocycles. The number of nitrogens with one attached hydrogen (secondary N) is 1. The Hall–Kier alpha value is -2.60. The fraction of sp³-hybridized carbons (Fsp3) is 0.211. The molecular formula is C19H18N2O3S. The van der Waals surface area contributed by atoms with E-state index in [-0.39, 0.29) is 16.3 Å². The first kappa shape index (κ1) is 12.7. The van der Waals surface area contributed by atoms with Gasteiger partial charge in [-0.15, -0.1) is 0 Å². The lowest BCUT2D eigenvalue weighted by molar-refractivity contribution is -0.115. The van der Waals surface area contributed by atoms with Gasteiger partial charge in [0.1, 0.15) is 5.75 Å². The van der Waals surface area contributed by atoms with Crippen molar-refractivity contribution in [2.45, 2.75) is 19.7 Å². The number of aromatic nitrogens is 1. The number of benzene rings is 1. The Morgan fingerprint density at radius 3 is 2.64 bits per heavy atom. The van der Waals surface area contributed by atoms with Gasteiger partial charge in [0.2, 0.25) is 0 Å². The van der Waals surface area contributed by atoms with Gasteiger partial charge in [0, 0.05) is 21.0 Å². The van der Waals surface area contributed by atoms with E-state index < -0.39 is 24.1 Å². The molecule has 25 heavy (non-hydrogen) atoms. The molecule has 0 aliphatic carbocycles. The molecule has 1 aliphatic heterocycles. The van der Waals surface area contributed by atoms with E-state index >= 15 is 0 Å². The van der Waals surface area contributed by atoms with Crippen LogP contribution in [-0.2, 0) is 17.6 Å². The molecule has 0 spiro atoms. The number of aryl methyl sites for hydroxylation is 2. The number of amides is 2. The zero-order valence-electron chi connectivity index (χ0n) is 17.4. The van der Waals surface area contributed by atoms with Gasteiger partial charge in [0.15, 0.2) is 0 Å². The average molecular weight is 358 g/mol. The van der Waals surface area contributed by atoms with E-state index in [0.29, 0.717) is 5.56 Å². The first-order valence-corrected chi connectivity index (χ1v) is 8.43. The van der Waals surface area contributed by atoms with Crippen LogP contribution < -0.4 is 10.1 Å². The van der Waals surface area contributed by atoms with Crippen molar-refractivity contribution >= 4 is 29.0 Å². The largest absolute Gasteiger partial charge is 0.493 e. The van der Waals surface area contributed by atoms with Crippen LogP contribution in [0.1, 0.15) is 29.2 Å². The first-order chi connectivity index (χ1) is 13.6. The Morgan fingerprint density at radius 1 is 1.24 bits per heavy atom. The van der Waals surface area contributed by atoms with Crippen molar-refractivity contribution in [2.75, 3.05) is 6.56 Å². The van der Waals surface area contributed by atoms with Crippen molar-refractivity contribution in [3.63, 3.8) is 0 Å². The van der Waals surface area contributed by atoms with Crippen molar-refractivity contribution in [3.05, 3.63) is 64.3 Å². The molecule has 5 nitrogen and oxygen atoms in total. The van der Waals surface area contributed by atoms with Crippen LogP contribution in [0.5, 0.6) is 5.75 Å². The summed E-state index contributed by atoms with van der Waals surface area (Å²) in [7, 11) is 0. The van der Waals surface area contributed by atoms with Crippen molar-refractivity contribution in [1.82, 2.24) is 10.3 Å². The second-order valence-corrected chi connectivity index (χ2v) is 6.17. The van der Waals surface area contributed by atoms with Crippen LogP contribution in [0.25, 0.3) is 6.08 Å². The number of carbonyl (C=O) groups excluding carboxylic acids is 2. The topological polar surface area (TPSA) is 68.3 Å². The number of hydrogen-bond donors (Lipinski definition) is 1. The third kappa shape index (κ3) is 4.70. The quantitative estimate of drug-likeness (QED) is 0.799. The van der Waals surface area contributed by atoms with Crippen LogP contribution in [0, 0.1) is 0 Å². The molecule has 2 amide bonds. The van der Waals surface area contributed by atoms with Crippen molar-refractivity contribution in [2.24, 2.45) is 0 Å². The van der Waals surface area contributed by atoms with Crippen molar-refractivity contribution in [3.8, 4) is 5.75 Å². The third-order valence-corrected chi connectivity index (χ3v) is 4.21. The highest BCUT2D eigenvalue weighted by atomic mass is 32.2. The maximum Gasteiger partial charge on any atom is 0.290 e. The van der Waals surface area contributed by atoms with Crippen molar-refractivity contribution < 1.29 is 19.8 Å². The Balaban J connectivity index is 1.76. The molecule has 2 heterocycles. The molecule has 3 rings (SSSR count). The van der Waals surface area contributed by atoms with Crippen LogP contribution in [0.15, 0.2) is 47.5 Å². The van der Waals surface area contributed by atoms with E-state index in [4.69, 9.17) is 10.2 Å². The Labute approximate surface area is 156 Å². The minimum Gasteiger partial charge on any atom is -0.493 e. The van der Waals surface area contributed by atoms with E-state index in [9.17, 15) is 9.59 Å². The van der Waals surface area contributed by atoms with Gasteiger partial charge in [-0.2, -0.15) is 0 Å². The standard InChI is InChI=1S/C19H18N2O3S/c1-2-13-3-6-15(20-12-13)9-10-24-16-7-4-14(5-8-16)11-17-18(22)21-19(23)25-17/h3-8,11-12H,2,9-10H2,1H3,(H,21,22,23)/b17-11-/i9D2,10D2. The summed E-state index contributed by atoms with van der Waals surface area (Å²) in [5, 5.41) is 1.73. The molecule has 1 aliphatic rings. The van der Waals surface area contributed by atoms with Gasteiger partial charge < -0.3 is 4.74 Å². The monoisotopic (exact) mass is 358 g/mol. The number of ether oxygens (including phenoxy) is 1. The third-order valence-electron chi connectivity index (χ3n) is 3.40. The van der Waals surface area contributed by atoms with Gasteiger partial charge in [-0.05, 0) is 53.6 Å². The highest BCUT2D eigenvalue weighted by Crippen LogP contribution is 2.26. The highest BCUT2D eigenvalue weighted by Gasteiger charge is 2.24. The lowest BCUT2D eigenvalue weighted by Gasteiger charge is -2.07. The van der Waals surface area contributed by atoms with Gasteiger partial charge in [0.25, 0.3) is 11.1 Å². The van der Waals surface area contributed by atoms with E-state index in [2.05, 4.69) is 10.3 Å². The number of carbonyl (C=O) groups is 2. The molecule has 1 aromatic heterocycles. The molecule has 0 saturated carbocycles. The number of pyridine rings is 1. The predicted octanol–water partition coefficient (Wildman–Crippen LogP) is 3.59. The summed E-state index contributed by atoms with van der Waals surface area (Å²) in [6.07, 6.45) is 1.31. The molecule has 2 aromatic rings. The molecule has 0 radical (unpaired) electrons. The Morgan fingerprint density at radius 2 is 2.04 bits per heavy atom. The lowest BCUT2D eigenvalue weighted by Crippen LogP contribution is -2.17. The molecule has 6 heteroatoms. The highest BCUT2D eigenvalue weighted by molar-refractivity contribution is 8.18. The Kier molecular flexibility index (Phi) is 4.06. The van der Waals surface area contributed by atoms with Gasteiger partial charge >= 0.3 is 0 Å². The zero-order chi connectivity index (χ0) is 21.2. The number of nitrogens with zero attached hydrogens (tertiary/aromatic N) is 1. The zero-order valence-corrected chi connectivity index (χ0v) is 14.2. The van der Waals surface area contributed by atoms with Gasteiger partial charge in [0.05, 0.1) is 14.2 Å². The van der Waals surface area contributed by atoms with Crippen LogP contribution in [0.3, 0.4) is 0 Å². The smallest absolute Gasteiger partial charge is 0.290 e. The summed E-state index contributed by atoms with van der Waals surface area (Å²) in [5.74, 6) is -0.350. The van der Waals surface area contributed by atoms with Crippen LogP contribution in [0.4, 0.5) is 4.79 Å². The van der Waals surface area contributed by atoms with E-state index in [1.165, 1.54) is 30.5 Å². The molecule has 1 fully saturated rings. The van der Waals surface area contributed by atoms with Gasteiger partial charge in [-0.25, -0.2) is 0 Å². The van der Waals surface area contributed by atoms with E-state index in [0.717, 1.165) is 23.7 Å². The second-order valence-electron chi connectivity index (χ2n) is 5.16. The first-order valence-electron chi connectivity index (χ1n) is 9.62. The summed E-state index contributed by atoms with van der Waals surface area (Å²) in [6, 6.07) is 9.26. The fourth-order valence-electron chi connectivity index (χ4n) is 2.05. The summed E-state index contributed by atoms with van der Waals surface area (Å²) < 4.78 is 37.9. The molecule has 1 N–H and O–H groups in total. The van der Waals surface area contributed by atoms with Crippen LogP contribution in [0.2, 0.25) is 0 Å². The van der Waals surface area contributed by atoms with E-state index in [1.54, 1.807) is 18.2 Å². The number of rotatable bonds is 6. The maximum absolute atomic E-state index is 11.6. The van der Waals surface area contributed by atoms with Gasteiger partial charge in [-0.1, -0.05) is 25.1 Å². The van der Waals surface area contributed by atoms with E-state index in [1.807, 2.05) is 6.92 Å². The molecule has 0 atom stereocenters. The molecule has 0 unspecified atom stereocenters. The minimum atomic E-state index is -2.68. The summed E-state index contributed by atoms with van der Waals surface area (Å²) in [6.45, 7) is -0.732. The minimum absolute atomic E-state index is 0.0602. The average Bonchev–Trinajstić information content (AvgIpc) is 3.00. The molecule has 128 valence electrons. The Bertz CT molecular complexity index is 960. The normalized spacial score (nSPS) is 19.0. The van der Waals surface area contributed by atoms with Crippen LogP contribution >= 0.6 is 11.8 Å². The maximum atomic E-state index is 11.6. The summed E-state index contributed by atoms with van der Waals surface area (Å²) >= 11 is 0.800. The predicted molar refractivity (Wildman–Crippen MR) is 98.4 cm³/mol. The number of imide groups is 1. The van der Waals surface area contributed by atoms with Gasteiger partial charge in [-0.3, -0.25) is 19.9 Å².